The maximum absolute atomic E-state index is 11.2. The highest BCUT2D eigenvalue weighted by Gasteiger charge is 2.11. The molecule has 0 aliphatic heterocycles. The van der Waals surface area contributed by atoms with E-state index in [9.17, 15) is 20.2 Å². The van der Waals surface area contributed by atoms with Gasteiger partial charge in [0.1, 0.15) is 5.82 Å². The molecule has 0 saturated carbocycles. The number of rotatable bonds is 5. The molecule has 9 heteroatoms. The lowest BCUT2D eigenvalue weighted by Crippen LogP contribution is -2.10. The number of nitriles is 1. The molecule has 1 amide bonds. The van der Waals surface area contributed by atoms with Crippen LogP contribution in [0.5, 0.6) is 0 Å². The van der Waals surface area contributed by atoms with Crippen molar-refractivity contribution in [3.05, 3.63) is 69.8 Å². The van der Waals surface area contributed by atoms with Gasteiger partial charge in [-0.3, -0.25) is 15.4 Å². The van der Waals surface area contributed by atoms with Gasteiger partial charge < -0.3 is 10.1 Å². The SMILES string of the molecule is COC(=O)Nc1ccc(CNc2cc(C#N)c3cc([N+](=O)[O-])ccc3n2)cc1. The molecular formula is C19H15N5O4. The van der Waals surface area contributed by atoms with Crippen LogP contribution in [0.3, 0.4) is 0 Å². The molecule has 0 unspecified atom stereocenters. The standard InChI is InChI=1S/C19H15N5O4/c1-28-19(25)22-14-4-2-12(3-5-14)11-21-18-8-13(10-20)16-9-15(24(26)27)6-7-17(16)23-18/h2-9H,11H2,1H3,(H,21,23)(H,22,25). The van der Waals surface area contributed by atoms with Crippen molar-refractivity contribution < 1.29 is 14.5 Å². The van der Waals surface area contributed by atoms with Crippen LogP contribution in [0.2, 0.25) is 0 Å². The Morgan fingerprint density at radius 1 is 1.25 bits per heavy atom. The quantitative estimate of drug-likeness (QED) is 0.511. The summed E-state index contributed by atoms with van der Waals surface area (Å²) in [4.78, 5) is 26.0. The number of amides is 1. The summed E-state index contributed by atoms with van der Waals surface area (Å²) in [6.07, 6.45) is -0.546. The van der Waals surface area contributed by atoms with E-state index in [-0.39, 0.29) is 5.69 Å². The number of nitrogens with zero attached hydrogens (tertiary/aromatic N) is 3. The predicted octanol–water partition coefficient (Wildman–Crippen LogP) is 3.81. The zero-order valence-corrected chi connectivity index (χ0v) is 14.8. The largest absolute Gasteiger partial charge is 0.453 e. The average molecular weight is 377 g/mol. The van der Waals surface area contributed by atoms with Gasteiger partial charge in [0, 0.05) is 29.8 Å². The first kappa shape index (κ1) is 18.6. The van der Waals surface area contributed by atoms with Crippen LogP contribution in [-0.2, 0) is 11.3 Å². The fourth-order valence-corrected chi connectivity index (χ4v) is 2.58. The Kier molecular flexibility index (Phi) is 5.32. The first-order chi connectivity index (χ1) is 13.5. The molecule has 0 aliphatic rings. The molecule has 0 atom stereocenters. The second-order valence-electron chi connectivity index (χ2n) is 5.79. The number of hydrogen-bond donors (Lipinski definition) is 2. The Balaban J connectivity index is 1.77. The summed E-state index contributed by atoms with van der Waals surface area (Å²) in [6, 6.07) is 15.0. The second kappa shape index (κ2) is 8.01. The molecule has 140 valence electrons. The molecule has 3 aromatic rings. The van der Waals surface area contributed by atoms with E-state index in [1.807, 2.05) is 12.1 Å². The molecule has 9 nitrogen and oxygen atoms in total. The number of carbonyl (C=O) groups excluding carboxylic acids is 1. The number of pyridine rings is 1. The number of ether oxygens (including phenoxy) is 1. The van der Waals surface area contributed by atoms with Crippen molar-refractivity contribution >= 4 is 34.2 Å². The Morgan fingerprint density at radius 3 is 2.64 bits per heavy atom. The number of nitro groups is 1. The number of nitrogens with one attached hydrogen (secondary N) is 2. The van der Waals surface area contributed by atoms with E-state index in [2.05, 4.69) is 26.4 Å². The van der Waals surface area contributed by atoms with Crippen LogP contribution in [0, 0.1) is 21.4 Å². The van der Waals surface area contributed by atoms with E-state index in [1.165, 1.54) is 25.3 Å². The number of fused-ring (bicyclic) bond motifs is 1. The fourth-order valence-electron chi connectivity index (χ4n) is 2.58. The second-order valence-corrected chi connectivity index (χ2v) is 5.79. The molecule has 1 heterocycles. The van der Waals surface area contributed by atoms with Crippen molar-refractivity contribution in [2.45, 2.75) is 6.54 Å². The lowest BCUT2D eigenvalue weighted by molar-refractivity contribution is -0.384. The molecule has 1 aromatic heterocycles. The van der Waals surface area contributed by atoms with E-state index >= 15 is 0 Å². The van der Waals surface area contributed by atoms with Gasteiger partial charge in [0.2, 0.25) is 0 Å². The Morgan fingerprint density at radius 2 is 2.00 bits per heavy atom. The molecule has 2 N–H and O–H groups in total. The van der Waals surface area contributed by atoms with E-state index in [0.29, 0.717) is 34.5 Å². The van der Waals surface area contributed by atoms with Crippen molar-refractivity contribution in [1.29, 1.82) is 5.26 Å². The lowest BCUT2D eigenvalue weighted by Gasteiger charge is -2.09. The average Bonchev–Trinajstić information content (AvgIpc) is 2.72. The minimum atomic E-state index is -0.546. The monoisotopic (exact) mass is 377 g/mol. The number of carbonyl (C=O) groups is 1. The number of hydrogen-bond acceptors (Lipinski definition) is 7. The highest BCUT2D eigenvalue weighted by atomic mass is 16.6. The number of nitro benzene ring substituents is 1. The third-order valence-electron chi connectivity index (χ3n) is 3.98. The lowest BCUT2D eigenvalue weighted by atomic mass is 10.1. The van der Waals surface area contributed by atoms with E-state index < -0.39 is 11.0 Å². The molecule has 3 rings (SSSR count). The van der Waals surface area contributed by atoms with Gasteiger partial charge in [-0.15, -0.1) is 0 Å². The minimum absolute atomic E-state index is 0.0906. The summed E-state index contributed by atoms with van der Waals surface area (Å²) >= 11 is 0. The topological polar surface area (TPSA) is 130 Å². The molecule has 28 heavy (non-hydrogen) atoms. The van der Waals surface area contributed by atoms with Gasteiger partial charge >= 0.3 is 6.09 Å². The minimum Gasteiger partial charge on any atom is -0.453 e. The third kappa shape index (κ3) is 4.13. The first-order valence-corrected chi connectivity index (χ1v) is 8.17. The Labute approximate surface area is 159 Å². The van der Waals surface area contributed by atoms with Crippen molar-refractivity contribution in [3.63, 3.8) is 0 Å². The van der Waals surface area contributed by atoms with Crippen LogP contribution in [-0.4, -0.2) is 23.1 Å². The smallest absolute Gasteiger partial charge is 0.411 e. The third-order valence-corrected chi connectivity index (χ3v) is 3.98. The van der Waals surface area contributed by atoms with E-state index in [0.717, 1.165) is 5.56 Å². The summed E-state index contributed by atoms with van der Waals surface area (Å²) in [5.74, 6) is 0.481. The number of anilines is 2. The zero-order valence-electron chi connectivity index (χ0n) is 14.8. The molecule has 0 radical (unpaired) electrons. The van der Waals surface area contributed by atoms with E-state index in [1.54, 1.807) is 18.2 Å². The van der Waals surface area contributed by atoms with Gasteiger partial charge in [-0.2, -0.15) is 5.26 Å². The van der Waals surface area contributed by atoms with E-state index in [4.69, 9.17) is 0 Å². The normalized spacial score (nSPS) is 10.1. The summed E-state index contributed by atoms with van der Waals surface area (Å²) in [6.45, 7) is 0.439. The molecule has 2 aromatic carbocycles. The maximum atomic E-state index is 11.2. The van der Waals surface area contributed by atoms with Crippen LogP contribution in [0.15, 0.2) is 48.5 Å². The number of non-ortho nitro benzene ring substituents is 1. The fraction of sp³-hybridized carbons (Fsp3) is 0.105. The summed E-state index contributed by atoms with van der Waals surface area (Å²) < 4.78 is 4.53. The van der Waals surface area contributed by atoms with Crippen LogP contribution >= 0.6 is 0 Å². The van der Waals surface area contributed by atoms with Gasteiger partial charge in [0.25, 0.3) is 5.69 Å². The van der Waals surface area contributed by atoms with Crippen LogP contribution in [0.1, 0.15) is 11.1 Å². The van der Waals surface area contributed by atoms with Gasteiger partial charge in [-0.1, -0.05) is 12.1 Å². The summed E-state index contributed by atoms with van der Waals surface area (Å²) in [5, 5.41) is 26.4. The highest BCUT2D eigenvalue weighted by molar-refractivity contribution is 5.88. The molecule has 0 spiro atoms. The molecular weight excluding hydrogens is 362 g/mol. The van der Waals surface area contributed by atoms with Gasteiger partial charge in [0.05, 0.1) is 29.2 Å². The Bertz CT molecular complexity index is 1090. The van der Waals surface area contributed by atoms with Crippen molar-refractivity contribution in [2.75, 3.05) is 17.7 Å². The first-order valence-electron chi connectivity index (χ1n) is 8.17. The van der Waals surface area contributed by atoms with Crippen LogP contribution < -0.4 is 10.6 Å². The highest BCUT2D eigenvalue weighted by Crippen LogP contribution is 2.25. The van der Waals surface area contributed by atoms with Crippen molar-refractivity contribution in [1.82, 2.24) is 4.98 Å². The summed E-state index contributed by atoms with van der Waals surface area (Å²) in [7, 11) is 1.29. The molecule has 0 bridgehead atoms. The van der Waals surface area contributed by atoms with Gasteiger partial charge in [-0.25, -0.2) is 9.78 Å². The number of benzene rings is 2. The van der Waals surface area contributed by atoms with Crippen LogP contribution in [0.25, 0.3) is 10.9 Å². The maximum Gasteiger partial charge on any atom is 0.411 e. The van der Waals surface area contributed by atoms with Crippen molar-refractivity contribution in [2.24, 2.45) is 0 Å². The molecule has 0 saturated heterocycles. The number of methoxy groups -OCH3 is 1. The van der Waals surface area contributed by atoms with Crippen molar-refractivity contribution in [3.8, 4) is 6.07 Å². The zero-order chi connectivity index (χ0) is 20.1. The number of aromatic nitrogens is 1. The van der Waals surface area contributed by atoms with Gasteiger partial charge in [0.15, 0.2) is 0 Å². The molecule has 0 aliphatic carbocycles. The predicted molar refractivity (Wildman–Crippen MR) is 103 cm³/mol. The molecule has 0 fully saturated rings. The van der Waals surface area contributed by atoms with Gasteiger partial charge in [-0.05, 0) is 29.8 Å². The Hall–Kier alpha value is -4.19. The summed E-state index contributed by atoms with van der Waals surface area (Å²) in [5.41, 5.74) is 2.23. The van der Waals surface area contributed by atoms with Crippen LogP contribution in [0.4, 0.5) is 22.0 Å².